The molecule has 1 aromatic rings. The lowest BCUT2D eigenvalue weighted by molar-refractivity contribution is -0.118. The van der Waals surface area contributed by atoms with Gasteiger partial charge in [-0.05, 0) is 18.2 Å². The first-order chi connectivity index (χ1) is 8.58. The molecule has 0 fully saturated rings. The molecular weight excluding hydrogens is 254 g/mol. The Labute approximate surface area is 110 Å². The van der Waals surface area contributed by atoms with Crippen LogP contribution in [0.2, 0.25) is 5.02 Å². The molecule has 4 nitrogen and oxygen atoms in total. The van der Waals surface area contributed by atoms with Gasteiger partial charge in [-0.1, -0.05) is 18.5 Å². The molecule has 1 aliphatic heterocycles. The maximum atomic E-state index is 12.0. The van der Waals surface area contributed by atoms with Crippen LogP contribution in [0.15, 0.2) is 18.2 Å². The first kappa shape index (κ1) is 12.8. The summed E-state index contributed by atoms with van der Waals surface area (Å²) >= 11 is 5.85. The number of benzene rings is 1. The second kappa shape index (κ2) is 4.90. The van der Waals surface area contributed by atoms with E-state index in [1.807, 2.05) is 0 Å². The highest BCUT2D eigenvalue weighted by Crippen LogP contribution is 2.31. The molecule has 1 atom stereocenters. The highest BCUT2D eigenvalue weighted by Gasteiger charge is 2.34. The third-order valence-corrected chi connectivity index (χ3v) is 3.23. The van der Waals surface area contributed by atoms with Gasteiger partial charge < -0.3 is 9.69 Å². The average molecular weight is 266 g/mol. The van der Waals surface area contributed by atoms with Gasteiger partial charge in [-0.25, -0.2) is 0 Å². The van der Waals surface area contributed by atoms with Crippen LogP contribution < -0.4 is 4.90 Å². The molecule has 5 heteroatoms. The maximum Gasteiger partial charge on any atom is 0.226 e. The number of Topliss-reactive ketones (excluding diaryl/α,β-unsaturated/α-hetero) is 1. The number of carbonyl (C=O) groups is 3. The van der Waals surface area contributed by atoms with Crippen molar-refractivity contribution in [2.45, 2.75) is 13.3 Å². The first-order valence-electron chi connectivity index (χ1n) is 5.68. The SMILES string of the molecule is CCC(=O)N1CC(C=O)C(=O)c2cc(Cl)ccc21. The minimum atomic E-state index is -0.800. The topological polar surface area (TPSA) is 54.5 Å². The lowest BCUT2D eigenvalue weighted by atomic mass is 9.92. The summed E-state index contributed by atoms with van der Waals surface area (Å²) in [5.41, 5.74) is 0.877. The van der Waals surface area contributed by atoms with Gasteiger partial charge in [0, 0.05) is 23.6 Å². The fourth-order valence-electron chi connectivity index (χ4n) is 2.05. The summed E-state index contributed by atoms with van der Waals surface area (Å²) in [7, 11) is 0. The Morgan fingerprint density at radius 2 is 2.28 bits per heavy atom. The van der Waals surface area contributed by atoms with Gasteiger partial charge in [-0.3, -0.25) is 9.59 Å². The van der Waals surface area contributed by atoms with Crippen molar-refractivity contribution in [3.63, 3.8) is 0 Å². The van der Waals surface area contributed by atoms with Crippen LogP contribution in [0.5, 0.6) is 0 Å². The summed E-state index contributed by atoms with van der Waals surface area (Å²) in [5, 5.41) is 0.414. The number of aldehydes is 1. The smallest absolute Gasteiger partial charge is 0.226 e. The fourth-order valence-corrected chi connectivity index (χ4v) is 2.22. The third kappa shape index (κ3) is 2.04. The van der Waals surface area contributed by atoms with Crippen LogP contribution in [0.3, 0.4) is 0 Å². The minimum Gasteiger partial charge on any atom is -0.311 e. The van der Waals surface area contributed by atoms with Crippen LogP contribution in [0.4, 0.5) is 5.69 Å². The monoisotopic (exact) mass is 265 g/mol. The maximum absolute atomic E-state index is 12.0. The van der Waals surface area contributed by atoms with E-state index in [4.69, 9.17) is 11.6 Å². The lowest BCUT2D eigenvalue weighted by Crippen LogP contribution is -2.43. The summed E-state index contributed by atoms with van der Waals surface area (Å²) in [4.78, 5) is 36.3. The van der Waals surface area contributed by atoms with Crippen LogP contribution in [0.1, 0.15) is 23.7 Å². The molecule has 0 N–H and O–H groups in total. The van der Waals surface area contributed by atoms with Gasteiger partial charge in [0.2, 0.25) is 5.91 Å². The molecule has 1 aliphatic rings. The van der Waals surface area contributed by atoms with Gasteiger partial charge in [0.25, 0.3) is 0 Å². The number of nitrogens with zero attached hydrogens (tertiary/aromatic N) is 1. The molecule has 18 heavy (non-hydrogen) atoms. The van der Waals surface area contributed by atoms with Gasteiger partial charge >= 0.3 is 0 Å². The molecule has 0 aliphatic carbocycles. The number of rotatable bonds is 2. The van der Waals surface area contributed by atoms with Crippen molar-refractivity contribution in [2.24, 2.45) is 5.92 Å². The van der Waals surface area contributed by atoms with E-state index in [0.29, 0.717) is 29.0 Å². The highest BCUT2D eigenvalue weighted by atomic mass is 35.5. The number of amides is 1. The van der Waals surface area contributed by atoms with Crippen LogP contribution in [0.25, 0.3) is 0 Å². The van der Waals surface area contributed by atoms with E-state index in [2.05, 4.69) is 0 Å². The first-order valence-corrected chi connectivity index (χ1v) is 6.05. The summed E-state index contributed by atoms with van der Waals surface area (Å²) in [6.07, 6.45) is 0.907. The molecule has 1 amide bonds. The molecule has 0 saturated carbocycles. The molecule has 1 heterocycles. The van der Waals surface area contributed by atoms with Gasteiger partial charge in [-0.15, -0.1) is 0 Å². The molecule has 0 spiro atoms. The van der Waals surface area contributed by atoms with E-state index < -0.39 is 5.92 Å². The zero-order valence-corrected chi connectivity index (χ0v) is 10.6. The van der Waals surface area contributed by atoms with Crippen molar-refractivity contribution >= 4 is 35.3 Å². The van der Waals surface area contributed by atoms with E-state index in [0.717, 1.165) is 0 Å². The van der Waals surface area contributed by atoms with Gasteiger partial charge in [0.05, 0.1) is 11.6 Å². The minimum absolute atomic E-state index is 0.113. The predicted octanol–water partition coefficient (Wildman–Crippen LogP) is 2.09. The Hall–Kier alpha value is -1.68. The summed E-state index contributed by atoms with van der Waals surface area (Å²) < 4.78 is 0. The quantitative estimate of drug-likeness (QED) is 0.608. The van der Waals surface area contributed by atoms with Crippen LogP contribution in [0, 0.1) is 5.92 Å². The second-order valence-corrected chi connectivity index (χ2v) is 4.56. The summed E-state index contributed by atoms with van der Waals surface area (Å²) in [6, 6.07) is 4.78. The van der Waals surface area contributed by atoms with E-state index in [1.54, 1.807) is 19.1 Å². The van der Waals surface area contributed by atoms with Gasteiger partial charge in [0.1, 0.15) is 6.29 Å². The standard InChI is InChI=1S/C13H12ClNO3/c1-2-12(17)15-6-8(7-16)13(18)10-5-9(14)3-4-11(10)15/h3-5,7-8H,2,6H2,1H3. The Balaban J connectivity index is 2.55. The average Bonchev–Trinajstić information content (AvgIpc) is 2.39. The van der Waals surface area contributed by atoms with E-state index >= 15 is 0 Å². The Bertz CT molecular complexity index is 527. The number of halogens is 1. The molecule has 0 radical (unpaired) electrons. The van der Waals surface area contributed by atoms with Crippen molar-refractivity contribution in [1.82, 2.24) is 0 Å². The van der Waals surface area contributed by atoms with Crippen LogP contribution in [-0.4, -0.2) is 24.5 Å². The number of carbonyl (C=O) groups excluding carboxylic acids is 3. The fraction of sp³-hybridized carbons (Fsp3) is 0.308. The second-order valence-electron chi connectivity index (χ2n) is 4.13. The van der Waals surface area contributed by atoms with Crippen LogP contribution in [-0.2, 0) is 9.59 Å². The molecule has 0 saturated heterocycles. The predicted molar refractivity (Wildman–Crippen MR) is 68.0 cm³/mol. The Kier molecular flexibility index (Phi) is 3.48. The number of ketones is 1. The molecule has 0 aromatic heterocycles. The third-order valence-electron chi connectivity index (χ3n) is 3.00. The van der Waals surface area contributed by atoms with Crippen molar-refractivity contribution in [1.29, 1.82) is 0 Å². The van der Waals surface area contributed by atoms with E-state index in [9.17, 15) is 14.4 Å². The normalized spacial score (nSPS) is 18.4. The Morgan fingerprint density at radius 3 is 2.89 bits per heavy atom. The number of fused-ring (bicyclic) bond motifs is 1. The molecule has 94 valence electrons. The molecule has 2 rings (SSSR count). The molecule has 0 bridgehead atoms. The number of hydrogen-bond donors (Lipinski definition) is 0. The van der Waals surface area contributed by atoms with Gasteiger partial charge in [0.15, 0.2) is 5.78 Å². The number of hydrogen-bond acceptors (Lipinski definition) is 3. The van der Waals surface area contributed by atoms with E-state index in [1.165, 1.54) is 11.0 Å². The van der Waals surface area contributed by atoms with Crippen molar-refractivity contribution in [2.75, 3.05) is 11.4 Å². The van der Waals surface area contributed by atoms with Crippen molar-refractivity contribution in [3.05, 3.63) is 28.8 Å². The van der Waals surface area contributed by atoms with Crippen LogP contribution >= 0.6 is 11.6 Å². The summed E-state index contributed by atoms with van der Waals surface area (Å²) in [6.45, 7) is 1.86. The lowest BCUT2D eigenvalue weighted by Gasteiger charge is -2.31. The summed E-state index contributed by atoms with van der Waals surface area (Å²) in [5.74, 6) is -1.19. The molecule has 1 aromatic carbocycles. The largest absolute Gasteiger partial charge is 0.311 e. The molecule has 1 unspecified atom stereocenters. The highest BCUT2D eigenvalue weighted by molar-refractivity contribution is 6.31. The molecular formula is C13H12ClNO3. The Morgan fingerprint density at radius 1 is 1.56 bits per heavy atom. The van der Waals surface area contributed by atoms with E-state index in [-0.39, 0.29) is 18.2 Å². The zero-order valence-electron chi connectivity index (χ0n) is 9.85. The van der Waals surface area contributed by atoms with Crippen molar-refractivity contribution in [3.8, 4) is 0 Å². The van der Waals surface area contributed by atoms with Gasteiger partial charge in [-0.2, -0.15) is 0 Å². The number of anilines is 1. The zero-order chi connectivity index (χ0) is 13.3. The van der Waals surface area contributed by atoms with Crippen molar-refractivity contribution < 1.29 is 14.4 Å².